The molecule has 0 aliphatic rings. The zero-order chi connectivity index (χ0) is 9.30. The van der Waals surface area contributed by atoms with Gasteiger partial charge in [0, 0.05) is 5.56 Å². The van der Waals surface area contributed by atoms with Crippen LogP contribution in [0.15, 0.2) is 10.7 Å². The minimum atomic E-state index is -2.63. The van der Waals surface area contributed by atoms with Crippen LogP contribution in [0, 0.1) is 12.9 Å². The summed E-state index contributed by atoms with van der Waals surface area (Å²) in [7, 11) is 0. The van der Waals surface area contributed by atoms with Gasteiger partial charge in [-0.1, -0.05) is 0 Å². The number of hydrogen-bond acceptors (Lipinski definition) is 1. The third-order valence-corrected chi connectivity index (χ3v) is 2.00. The largest absolute Gasteiger partial charge is 0.266 e. The maximum absolute atomic E-state index is 12.6. The monoisotopic (exact) mass is 239 g/mol. The molecule has 66 valence electrons. The number of aromatic nitrogens is 1. The molecule has 0 N–H and O–H groups in total. The van der Waals surface area contributed by atoms with Crippen LogP contribution in [-0.2, 0) is 0 Å². The van der Waals surface area contributed by atoms with Crippen molar-refractivity contribution in [1.82, 2.24) is 4.98 Å². The Morgan fingerprint density at radius 1 is 1.50 bits per heavy atom. The lowest BCUT2D eigenvalue weighted by atomic mass is 10.2. The molecular formula is C7H5BrF3N. The summed E-state index contributed by atoms with van der Waals surface area (Å²) in [5.74, 6) is -0.730. The molecule has 0 bridgehead atoms. The molecular weight excluding hydrogens is 235 g/mol. The number of pyridine rings is 1. The van der Waals surface area contributed by atoms with Crippen LogP contribution in [0.2, 0.25) is 0 Å². The van der Waals surface area contributed by atoms with Gasteiger partial charge in [0.2, 0.25) is 5.95 Å². The molecule has 0 fully saturated rings. The summed E-state index contributed by atoms with van der Waals surface area (Å²) < 4.78 is 36.8. The number of nitrogens with zero attached hydrogens (tertiary/aromatic N) is 1. The molecule has 0 amide bonds. The van der Waals surface area contributed by atoms with Gasteiger partial charge in [0.1, 0.15) is 4.60 Å². The number of alkyl halides is 2. The second-order valence-corrected chi connectivity index (χ2v) is 3.03. The van der Waals surface area contributed by atoms with Gasteiger partial charge in [-0.05, 0) is 28.9 Å². The average molecular weight is 240 g/mol. The topological polar surface area (TPSA) is 12.9 Å². The van der Waals surface area contributed by atoms with Crippen molar-refractivity contribution in [2.45, 2.75) is 13.3 Å². The number of rotatable bonds is 1. The lowest BCUT2D eigenvalue weighted by Gasteiger charge is -2.03. The molecule has 0 atom stereocenters. The van der Waals surface area contributed by atoms with Gasteiger partial charge in [0.05, 0.1) is 5.56 Å². The predicted octanol–water partition coefficient (Wildman–Crippen LogP) is 3.23. The fourth-order valence-corrected chi connectivity index (χ4v) is 1.19. The quantitative estimate of drug-likeness (QED) is 0.686. The van der Waals surface area contributed by atoms with Crippen LogP contribution in [0.3, 0.4) is 0 Å². The van der Waals surface area contributed by atoms with Gasteiger partial charge in [-0.2, -0.15) is 4.39 Å². The minimum absolute atomic E-state index is 0.119. The smallest absolute Gasteiger partial charge is 0.212 e. The fraction of sp³-hybridized carbons (Fsp3) is 0.286. The third-order valence-electron chi connectivity index (χ3n) is 1.37. The van der Waals surface area contributed by atoms with Crippen molar-refractivity contribution in [3.8, 4) is 0 Å². The first-order valence-electron chi connectivity index (χ1n) is 3.13. The highest BCUT2D eigenvalue weighted by Crippen LogP contribution is 2.26. The van der Waals surface area contributed by atoms with E-state index in [9.17, 15) is 13.2 Å². The molecule has 0 saturated heterocycles. The van der Waals surface area contributed by atoms with E-state index in [1.807, 2.05) is 0 Å². The minimum Gasteiger partial charge on any atom is -0.212 e. The first kappa shape index (κ1) is 9.51. The van der Waals surface area contributed by atoms with Crippen LogP contribution in [0.1, 0.15) is 17.6 Å². The molecule has 0 aliphatic carbocycles. The van der Waals surface area contributed by atoms with Crippen molar-refractivity contribution in [2.24, 2.45) is 0 Å². The average Bonchev–Trinajstić information content (AvgIpc) is 1.96. The maximum Gasteiger partial charge on any atom is 0.266 e. The number of halogens is 4. The summed E-state index contributed by atoms with van der Waals surface area (Å²) in [5, 5.41) is 0. The first-order valence-corrected chi connectivity index (χ1v) is 3.92. The van der Waals surface area contributed by atoms with Gasteiger partial charge < -0.3 is 0 Å². The van der Waals surface area contributed by atoms with E-state index in [0.29, 0.717) is 0 Å². The molecule has 0 spiro atoms. The van der Waals surface area contributed by atoms with Crippen LogP contribution in [0.5, 0.6) is 0 Å². The van der Waals surface area contributed by atoms with Crippen molar-refractivity contribution in [1.29, 1.82) is 0 Å². The van der Waals surface area contributed by atoms with E-state index in [0.717, 1.165) is 6.07 Å². The summed E-state index contributed by atoms with van der Waals surface area (Å²) in [6.07, 6.45) is -2.63. The molecule has 1 heterocycles. The van der Waals surface area contributed by atoms with Gasteiger partial charge in [0.25, 0.3) is 6.43 Å². The molecule has 1 rings (SSSR count). The van der Waals surface area contributed by atoms with Crippen molar-refractivity contribution in [2.75, 3.05) is 0 Å². The van der Waals surface area contributed by atoms with E-state index in [4.69, 9.17) is 0 Å². The Morgan fingerprint density at radius 2 is 2.08 bits per heavy atom. The maximum atomic E-state index is 12.6. The van der Waals surface area contributed by atoms with Crippen molar-refractivity contribution < 1.29 is 13.2 Å². The second-order valence-electron chi connectivity index (χ2n) is 2.28. The van der Waals surface area contributed by atoms with Gasteiger partial charge >= 0.3 is 0 Å². The molecule has 0 aliphatic heterocycles. The Kier molecular flexibility index (Phi) is 2.72. The van der Waals surface area contributed by atoms with E-state index in [1.165, 1.54) is 6.92 Å². The molecule has 0 radical (unpaired) electrons. The highest BCUT2D eigenvalue weighted by molar-refractivity contribution is 9.10. The zero-order valence-electron chi connectivity index (χ0n) is 6.11. The second kappa shape index (κ2) is 3.43. The van der Waals surface area contributed by atoms with E-state index in [-0.39, 0.29) is 15.7 Å². The summed E-state index contributed by atoms with van der Waals surface area (Å²) in [5.41, 5.74) is -0.164. The number of hydrogen-bond donors (Lipinski definition) is 0. The molecule has 1 nitrogen and oxygen atoms in total. The van der Waals surface area contributed by atoms with Crippen molar-refractivity contribution >= 4 is 15.9 Å². The zero-order valence-corrected chi connectivity index (χ0v) is 7.70. The van der Waals surface area contributed by atoms with Gasteiger partial charge in [-0.15, -0.1) is 0 Å². The van der Waals surface area contributed by atoms with Gasteiger partial charge in [-0.25, -0.2) is 13.8 Å². The van der Waals surface area contributed by atoms with Crippen molar-refractivity contribution in [3.63, 3.8) is 0 Å². The van der Waals surface area contributed by atoms with E-state index < -0.39 is 12.4 Å². The Labute approximate surface area is 75.7 Å². The van der Waals surface area contributed by atoms with Crippen LogP contribution >= 0.6 is 15.9 Å². The van der Waals surface area contributed by atoms with Crippen LogP contribution in [0.4, 0.5) is 13.2 Å². The van der Waals surface area contributed by atoms with Crippen LogP contribution in [0.25, 0.3) is 0 Å². The molecule has 0 aromatic carbocycles. The summed E-state index contributed by atoms with van der Waals surface area (Å²) >= 11 is 2.75. The highest BCUT2D eigenvalue weighted by atomic mass is 79.9. The molecule has 1 aromatic heterocycles. The Morgan fingerprint density at radius 3 is 2.58 bits per heavy atom. The molecule has 1 aromatic rings. The van der Waals surface area contributed by atoms with Crippen molar-refractivity contribution in [3.05, 3.63) is 27.7 Å². The molecule has 12 heavy (non-hydrogen) atoms. The normalized spacial score (nSPS) is 10.8. The summed E-state index contributed by atoms with van der Waals surface area (Å²) in [6, 6.07) is 1.08. The molecule has 5 heteroatoms. The van der Waals surface area contributed by atoms with Crippen LogP contribution in [-0.4, -0.2) is 4.98 Å². The Balaban J connectivity index is 3.23. The first-order chi connectivity index (χ1) is 5.52. The van der Waals surface area contributed by atoms with Gasteiger partial charge in [0.15, 0.2) is 0 Å². The Hall–Kier alpha value is -0.580. The standard InChI is InChI=1S/C7H5BrF3N/c1-3-2-4(6(9)10)5(8)12-7(3)11/h2,6H,1H3. The van der Waals surface area contributed by atoms with Gasteiger partial charge in [-0.3, -0.25) is 0 Å². The third kappa shape index (κ3) is 1.77. The predicted molar refractivity (Wildman–Crippen MR) is 41.6 cm³/mol. The summed E-state index contributed by atoms with van der Waals surface area (Å²) in [6.45, 7) is 1.39. The molecule has 0 saturated carbocycles. The van der Waals surface area contributed by atoms with E-state index in [2.05, 4.69) is 20.9 Å². The Bertz CT molecular complexity index is 301. The highest BCUT2D eigenvalue weighted by Gasteiger charge is 2.14. The summed E-state index contributed by atoms with van der Waals surface area (Å²) in [4.78, 5) is 3.26. The van der Waals surface area contributed by atoms with E-state index >= 15 is 0 Å². The molecule has 0 unspecified atom stereocenters. The fourth-order valence-electron chi connectivity index (χ4n) is 0.744. The lowest BCUT2D eigenvalue weighted by molar-refractivity contribution is 0.149. The lowest BCUT2D eigenvalue weighted by Crippen LogP contribution is -1.95. The van der Waals surface area contributed by atoms with E-state index in [1.54, 1.807) is 0 Å². The van der Waals surface area contributed by atoms with Crippen LogP contribution < -0.4 is 0 Å². The SMILES string of the molecule is Cc1cc(C(F)F)c(Br)nc1F. The number of aryl methyl sites for hydroxylation is 1.